The fourth-order valence-electron chi connectivity index (χ4n) is 2.15. The zero-order chi connectivity index (χ0) is 10.6. The molecule has 1 fully saturated rings. The highest BCUT2D eigenvalue weighted by Gasteiger charge is 2.40. The van der Waals surface area contributed by atoms with E-state index in [1.54, 1.807) is 0 Å². The quantitative estimate of drug-likeness (QED) is 0.726. The van der Waals surface area contributed by atoms with Crippen LogP contribution in [-0.4, -0.2) is 9.55 Å². The van der Waals surface area contributed by atoms with E-state index in [0.717, 1.165) is 10.3 Å². The highest BCUT2D eigenvalue weighted by molar-refractivity contribution is 7.71. The topological polar surface area (TPSA) is 20.7 Å². The maximum Gasteiger partial charge on any atom is 0.178 e. The molecule has 0 atom stereocenters. The predicted octanol–water partition coefficient (Wildman–Crippen LogP) is 3.52. The van der Waals surface area contributed by atoms with Gasteiger partial charge in [0.25, 0.3) is 0 Å². The summed E-state index contributed by atoms with van der Waals surface area (Å²) in [6.07, 6.45) is 2.48. The van der Waals surface area contributed by atoms with Gasteiger partial charge in [-0.1, -0.05) is 6.07 Å². The Morgan fingerprint density at radius 2 is 2.13 bits per heavy atom. The standard InChI is InChI=1S/C12H14N2S/c1-8-3-4-9-10(7-8)14(11(15)13-9)12(2)5-6-12/h3-4,7H,5-6H2,1-2H3,(H,13,15). The Labute approximate surface area is 93.9 Å². The van der Waals surface area contributed by atoms with E-state index in [4.69, 9.17) is 12.2 Å². The Morgan fingerprint density at radius 3 is 2.80 bits per heavy atom. The van der Waals surface area contributed by atoms with E-state index in [1.807, 2.05) is 0 Å². The van der Waals surface area contributed by atoms with Crippen molar-refractivity contribution in [1.29, 1.82) is 0 Å². The van der Waals surface area contributed by atoms with Gasteiger partial charge in [0.05, 0.1) is 11.0 Å². The first-order chi connectivity index (χ1) is 7.10. The number of imidazole rings is 1. The lowest BCUT2D eigenvalue weighted by molar-refractivity contribution is 0.541. The highest BCUT2D eigenvalue weighted by atomic mass is 32.1. The first-order valence-corrected chi connectivity index (χ1v) is 5.73. The van der Waals surface area contributed by atoms with Crippen molar-refractivity contribution in [2.24, 2.45) is 0 Å². The van der Waals surface area contributed by atoms with Crippen LogP contribution in [0.15, 0.2) is 18.2 Å². The van der Waals surface area contributed by atoms with Crippen LogP contribution >= 0.6 is 12.2 Å². The van der Waals surface area contributed by atoms with Crippen molar-refractivity contribution in [2.75, 3.05) is 0 Å². The van der Waals surface area contributed by atoms with Crippen molar-refractivity contribution in [1.82, 2.24) is 9.55 Å². The fourth-order valence-corrected chi connectivity index (χ4v) is 2.58. The van der Waals surface area contributed by atoms with E-state index in [-0.39, 0.29) is 5.54 Å². The minimum absolute atomic E-state index is 0.267. The molecule has 0 saturated heterocycles. The minimum Gasteiger partial charge on any atom is -0.331 e. The average Bonchev–Trinajstić information content (AvgIpc) is 2.80. The lowest BCUT2D eigenvalue weighted by atomic mass is 10.2. The normalized spacial score (nSPS) is 18.3. The number of nitrogens with zero attached hydrogens (tertiary/aromatic N) is 1. The summed E-state index contributed by atoms with van der Waals surface area (Å²) in [6.45, 7) is 4.40. The van der Waals surface area contributed by atoms with Crippen LogP contribution in [0.4, 0.5) is 0 Å². The first kappa shape index (κ1) is 9.16. The molecule has 3 heteroatoms. The summed E-state index contributed by atoms with van der Waals surface area (Å²) in [6, 6.07) is 6.45. The summed E-state index contributed by atoms with van der Waals surface area (Å²) >= 11 is 5.39. The third-order valence-electron chi connectivity index (χ3n) is 3.35. The Morgan fingerprint density at radius 1 is 1.40 bits per heavy atom. The summed E-state index contributed by atoms with van der Waals surface area (Å²) in [5, 5.41) is 0. The van der Waals surface area contributed by atoms with Crippen LogP contribution in [0.1, 0.15) is 25.3 Å². The van der Waals surface area contributed by atoms with E-state index in [9.17, 15) is 0 Å². The van der Waals surface area contributed by atoms with Crippen LogP contribution in [0.5, 0.6) is 0 Å². The van der Waals surface area contributed by atoms with Gasteiger partial charge in [-0.05, 0) is 56.6 Å². The summed E-state index contributed by atoms with van der Waals surface area (Å²) in [5.74, 6) is 0. The van der Waals surface area contributed by atoms with Crippen molar-refractivity contribution >= 4 is 23.3 Å². The summed E-state index contributed by atoms with van der Waals surface area (Å²) < 4.78 is 3.14. The molecule has 0 unspecified atom stereocenters. The summed E-state index contributed by atoms with van der Waals surface area (Å²) in [5.41, 5.74) is 3.96. The number of hydrogen-bond acceptors (Lipinski definition) is 1. The molecule has 2 nitrogen and oxygen atoms in total. The molecule has 0 amide bonds. The number of fused-ring (bicyclic) bond motifs is 1. The number of aromatic nitrogens is 2. The van der Waals surface area contributed by atoms with Gasteiger partial charge in [0.2, 0.25) is 0 Å². The molecule has 1 aliphatic carbocycles. The second kappa shape index (κ2) is 2.73. The van der Waals surface area contributed by atoms with Gasteiger partial charge < -0.3 is 9.55 Å². The Kier molecular flexibility index (Phi) is 1.67. The number of aromatic amines is 1. The van der Waals surface area contributed by atoms with Gasteiger partial charge in [-0.2, -0.15) is 0 Å². The molecule has 1 aromatic heterocycles. The molecule has 1 heterocycles. The van der Waals surface area contributed by atoms with Gasteiger partial charge in [0.1, 0.15) is 0 Å². The Hall–Kier alpha value is -1.09. The molecule has 1 saturated carbocycles. The molecule has 1 aromatic carbocycles. The predicted molar refractivity (Wildman–Crippen MR) is 64.7 cm³/mol. The van der Waals surface area contributed by atoms with Crippen molar-refractivity contribution < 1.29 is 0 Å². The molecule has 0 aliphatic heterocycles. The SMILES string of the molecule is Cc1ccc2[nH]c(=S)n(C3(C)CC3)c2c1. The van der Waals surface area contributed by atoms with Crippen LogP contribution in [0.25, 0.3) is 11.0 Å². The van der Waals surface area contributed by atoms with Crippen LogP contribution in [0, 0.1) is 11.7 Å². The maximum atomic E-state index is 5.39. The Balaban J connectivity index is 2.41. The minimum atomic E-state index is 0.267. The zero-order valence-corrected chi connectivity index (χ0v) is 9.82. The van der Waals surface area contributed by atoms with Gasteiger partial charge in [-0.3, -0.25) is 0 Å². The zero-order valence-electron chi connectivity index (χ0n) is 9.00. The molecular weight excluding hydrogens is 204 g/mol. The van der Waals surface area contributed by atoms with Crippen molar-refractivity contribution in [2.45, 2.75) is 32.2 Å². The Bertz CT molecular complexity index is 587. The summed E-state index contributed by atoms with van der Waals surface area (Å²) in [7, 11) is 0. The molecular formula is C12H14N2S. The average molecular weight is 218 g/mol. The van der Waals surface area contributed by atoms with Gasteiger partial charge in [0.15, 0.2) is 4.77 Å². The molecule has 2 aromatic rings. The van der Waals surface area contributed by atoms with Crippen LogP contribution < -0.4 is 0 Å². The third-order valence-corrected chi connectivity index (χ3v) is 3.64. The molecule has 0 bridgehead atoms. The smallest absolute Gasteiger partial charge is 0.178 e. The number of aryl methyl sites for hydroxylation is 1. The lowest BCUT2D eigenvalue weighted by Gasteiger charge is -2.11. The van der Waals surface area contributed by atoms with Crippen LogP contribution in [0.2, 0.25) is 0 Å². The molecule has 3 rings (SSSR count). The second-order valence-electron chi connectivity index (χ2n) is 4.78. The number of benzene rings is 1. The maximum absolute atomic E-state index is 5.39. The lowest BCUT2D eigenvalue weighted by Crippen LogP contribution is -2.11. The molecule has 78 valence electrons. The molecule has 15 heavy (non-hydrogen) atoms. The number of rotatable bonds is 1. The van der Waals surface area contributed by atoms with E-state index in [1.165, 1.54) is 23.9 Å². The van der Waals surface area contributed by atoms with Crippen LogP contribution in [0.3, 0.4) is 0 Å². The highest BCUT2D eigenvalue weighted by Crippen LogP contribution is 2.44. The number of H-pyrrole nitrogens is 1. The first-order valence-electron chi connectivity index (χ1n) is 5.32. The molecule has 0 spiro atoms. The summed E-state index contributed by atoms with van der Waals surface area (Å²) in [4.78, 5) is 3.28. The van der Waals surface area contributed by atoms with E-state index >= 15 is 0 Å². The fraction of sp³-hybridized carbons (Fsp3) is 0.417. The molecule has 0 radical (unpaired) electrons. The number of nitrogens with one attached hydrogen (secondary N) is 1. The van der Waals surface area contributed by atoms with E-state index in [0.29, 0.717) is 0 Å². The molecule has 1 aliphatic rings. The number of hydrogen-bond donors (Lipinski definition) is 1. The molecule has 1 N–H and O–H groups in total. The van der Waals surface area contributed by atoms with Crippen molar-refractivity contribution in [3.05, 3.63) is 28.5 Å². The van der Waals surface area contributed by atoms with Gasteiger partial charge in [-0.25, -0.2) is 0 Å². The van der Waals surface area contributed by atoms with Gasteiger partial charge in [0, 0.05) is 5.54 Å². The third kappa shape index (κ3) is 1.26. The van der Waals surface area contributed by atoms with E-state index in [2.05, 4.69) is 41.6 Å². The monoisotopic (exact) mass is 218 g/mol. The van der Waals surface area contributed by atoms with Crippen LogP contribution in [-0.2, 0) is 5.54 Å². The second-order valence-corrected chi connectivity index (χ2v) is 5.17. The largest absolute Gasteiger partial charge is 0.331 e. The van der Waals surface area contributed by atoms with Crippen molar-refractivity contribution in [3.63, 3.8) is 0 Å². The van der Waals surface area contributed by atoms with Crippen molar-refractivity contribution in [3.8, 4) is 0 Å². The van der Waals surface area contributed by atoms with Gasteiger partial charge >= 0.3 is 0 Å². The van der Waals surface area contributed by atoms with E-state index < -0.39 is 0 Å². The van der Waals surface area contributed by atoms with Gasteiger partial charge in [-0.15, -0.1) is 0 Å².